The number of nitro groups is 2. The Morgan fingerprint density at radius 2 is 1.20 bits per heavy atom. The second-order valence-electron chi connectivity index (χ2n) is 6.98. The highest BCUT2D eigenvalue weighted by Crippen LogP contribution is 2.32. The second-order valence-corrected chi connectivity index (χ2v) is 7.36. The van der Waals surface area contributed by atoms with Gasteiger partial charge in [-0.05, 0) is 71.3 Å². The second kappa shape index (κ2) is 9.98. The molecule has 0 atom stereocenters. The highest BCUT2D eigenvalue weighted by molar-refractivity contribution is 6.17. The molecule has 3 aromatic rings. The molecule has 0 bridgehead atoms. The van der Waals surface area contributed by atoms with Crippen LogP contribution in [0, 0.1) is 20.2 Å². The average molecular weight is 425 g/mol. The van der Waals surface area contributed by atoms with Crippen LogP contribution in [0.25, 0.3) is 22.3 Å². The lowest BCUT2D eigenvalue weighted by molar-refractivity contribution is -0.385. The first kappa shape index (κ1) is 21.5. The van der Waals surface area contributed by atoms with Crippen LogP contribution >= 0.6 is 11.6 Å². The average Bonchev–Trinajstić information content (AvgIpc) is 2.77. The fourth-order valence-electron chi connectivity index (χ4n) is 3.39. The SMILES string of the molecule is O=[N+]([O-])c1ccc(-c2ccc(-c3ccc([N+](=O)[O-])cc3)c(CCCCCCl)c2)cc1. The molecule has 7 heteroatoms. The van der Waals surface area contributed by atoms with Crippen LogP contribution in [0.1, 0.15) is 24.8 Å². The number of alkyl halides is 1. The van der Waals surface area contributed by atoms with E-state index in [4.69, 9.17) is 11.6 Å². The van der Waals surface area contributed by atoms with Crippen molar-refractivity contribution in [3.63, 3.8) is 0 Å². The Balaban J connectivity index is 1.95. The molecule has 3 aromatic carbocycles. The van der Waals surface area contributed by atoms with Crippen molar-refractivity contribution in [1.82, 2.24) is 0 Å². The van der Waals surface area contributed by atoms with Gasteiger partial charge in [-0.25, -0.2) is 0 Å². The molecule has 3 rings (SSSR count). The van der Waals surface area contributed by atoms with Crippen LogP contribution < -0.4 is 0 Å². The summed E-state index contributed by atoms with van der Waals surface area (Å²) in [4.78, 5) is 21.0. The molecule has 30 heavy (non-hydrogen) atoms. The van der Waals surface area contributed by atoms with Crippen LogP contribution in [-0.2, 0) is 6.42 Å². The lowest BCUT2D eigenvalue weighted by Crippen LogP contribution is -1.94. The number of aryl methyl sites for hydroxylation is 1. The number of hydrogen-bond acceptors (Lipinski definition) is 4. The van der Waals surface area contributed by atoms with Gasteiger partial charge >= 0.3 is 0 Å². The summed E-state index contributed by atoms with van der Waals surface area (Å²) in [5.41, 5.74) is 5.08. The molecule has 0 saturated heterocycles. The quantitative estimate of drug-likeness (QED) is 0.164. The van der Waals surface area contributed by atoms with Crippen LogP contribution in [0.4, 0.5) is 11.4 Å². The third-order valence-electron chi connectivity index (χ3n) is 4.99. The van der Waals surface area contributed by atoms with E-state index in [2.05, 4.69) is 6.07 Å². The maximum absolute atomic E-state index is 10.9. The first-order valence-corrected chi connectivity index (χ1v) is 10.2. The number of rotatable bonds is 9. The normalized spacial score (nSPS) is 10.7. The number of nitro benzene ring substituents is 2. The van der Waals surface area contributed by atoms with Crippen molar-refractivity contribution < 1.29 is 9.85 Å². The summed E-state index contributed by atoms with van der Waals surface area (Å²) in [5.74, 6) is 0.637. The zero-order chi connectivity index (χ0) is 21.5. The Kier molecular flexibility index (Phi) is 7.14. The Morgan fingerprint density at radius 1 is 0.667 bits per heavy atom. The number of non-ortho nitro benzene ring substituents is 2. The summed E-state index contributed by atoms with van der Waals surface area (Å²) in [7, 11) is 0. The van der Waals surface area contributed by atoms with Gasteiger partial charge < -0.3 is 0 Å². The van der Waals surface area contributed by atoms with Crippen LogP contribution in [0.3, 0.4) is 0 Å². The predicted molar refractivity (Wildman–Crippen MR) is 119 cm³/mol. The van der Waals surface area contributed by atoms with Crippen molar-refractivity contribution in [2.75, 3.05) is 5.88 Å². The smallest absolute Gasteiger partial charge is 0.258 e. The van der Waals surface area contributed by atoms with Crippen molar-refractivity contribution >= 4 is 23.0 Å². The highest BCUT2D eigenvalue weighted by Gasteiger charge is 2.11. The molecule has 0 fully saturated rings. The van der Waals surface area contributed by atoms with Gasteiger partial charge in [-0.2, -0.15) is 0 Å². The van der Waals surface area contributed by atoms with Crippen LogP contribution in [0.15, 0.2) is 66.7 Å². The van der Waals surface area contributed by atoms with E-state index in [0.29, 0.717) is 5.88 Å². The van der Waals surface area contributed by atoms with Crippen molar-refractivity contribution in [2.45, 2.75) is 25.7 Å². The molecule has 0 spiro atoms. The molecule has 0 aliphatic rings. The molecule has 6 nitrogen and oxygen atoms in total. The molecule has 0 N–H and O–H groups in total. The van der Waals surface area contributed by atoms with Gasteiger partial charge in [0, 0.05) is 30.1 Å². The standard InChI is InChI=1S/C23H21ClN2O4/c24-15-3-1-2-4-20-16-19(17-5-10-21(11-6-17)25(27)28)9-14-23(20)18-7-12-22(13-8-18)26(29)30/h5-14,16H,1-4,15H2. The number of unbranched alkanes of at least 4 members (excludes halogenated alkanes) is 2. The zero-order valence-corrected chi connectivity index (χ0v) is 17.0. The summed E-state index contributed by atoms with van der Waals surface area (Å²) < 4.78 is 0. The number of nitrogens with zero attached hydrogens (tertiary/aromatic N) is 2. The van der Waals surface area contributed by atoms with E-state index < -0.39 is 9.85 Å². The Bertz CT molecular complexity index is 1030. The van der Waals surface area contributed by atoms with Crippen molar-refractivity contribution in [1.29, 1.82) is 0 Å². The number of halogens is 1. The molecule has 0 aliphatic heterocycles. The van der Waals surface area contributed by atoms with Crippen molar-refractivity contribution in [3.05, 3.63) is 92.5 Å². The zero-order valence-electron chi connectivity index (χ0n) is 16.3. The molecule has 0 aromatic heterocycles. The topological polar surface area (TPSA) is 86.3 Å². The number of benzene rings is 3. The first-order valence-electron chi connectivity index (χ1n) is 9.68. The third kappa shape index (κ3) is 5.21. The fourth-order valence-corrected chi connectivity index (χ4v) is 3.58. The summed E-state index contributed by atoms with van der Waals surface area (Å²) in [6.07, 6.45) is 3.81. The molecule has 0 unspecified atom stereocenters. The highest BCUT2D eigenvalue weighted by atomic mass is 35.5. The van der Waals surface area contributed by atoms with Gasteiger partial charge in [0.05, 0.1) is 9.85 Å². The molecule has 0 radical (unpaired) electrons. The van der Waals surface area contributed by atoms with Crippen molar-refractivity contribution in [2.24, 2.45) is 0 Å². The molecule has 0 heterocycles. The Labute approximate surface area is 179 Å². The number of hydrogen-bond donors (Lipinski definition) is 0. The van der Waals surface area contributed by atoms with Gasteiger partial charge in [-0.3, -0.25) is 20.2 Å². The van der Waals surface area contributed by atoms with Crippen LogP contribution in [0.5, 0.6) is 0 Å². The molecular weight excluding hydrogens is 404 g/mol. The van der Waals surface area contributed by atoms with Crippen LogP contribution in [0.2, 0.25) is 0 Å². The Hall–Kier alpha value is -3.25. The molecule has 0 amide bonds. The van der Waals surface area contributed by atoms with E-state index in [1.807, 2.05) is 12.1 Å². The van der Waals surface area contributed by atoms with E-state index in [1.165, 1.54) is 24.3 Å². The molecule has 0 aliphatic carbocycles. The first-order chi connectivity index (χ1) is 14.5. The minimum Gasteiger partial charge on any atom is -0.258 e. The van der Waals surface area contributed by atoms with Gasteiger partial charge in [0.15, 0.2) is 0 Å². The lowest BCUT2D eigenvalue weighted by Gasteiger charge is -2.13. The minimum atomic E-state index is -0.413. The van der Waals surface area contributed by atoms with Gasteiger partial charge in [0.25, 0.3) is 11.4 Å². The van der Waals surface area contributed by atoms with Gasteiger partial charge in [0.2, 0.25) is 0 Å². The van der Waals surface area contributed by atoms with E-state index in [-0.39, 0.29) is 11.4 Å². The summed E-state index contributed by atoms with van der Waals surface area (Å²) in [6, 6.07) is 19.1. The molecule has 0 saturated carbocycles. The molecular formula is C23H21ClN2O4. The van der Waals surface area contributed by atoms with Crippen molar-refractivity contribution in [3.8, 4) is 22.3 Å². The van der Waals surface area contributed by atoms with E-state index in [9.17, 15) is 20.2 Å². The molecule has 154 valence electrons. The predicted octanol–water partition coefficient (Wildman–Crippen LogP) is 6.79. The van der Waals surface area contributed by atoms with E-state index >= 15 is 0 Å². The fraction of sp³-hybridized carbons (Fsp3) is 0.217. The summed E-state index contributed by atoms with van der Waals surface area (Å²) in [5, 5.41) is 21.8. The van der Waals surface area contributed by atoms with E-state index in [0.717, 1.165) is 53.5 Å². The Morgan fingerprint density at radius 3 is 1.73 bits per heavy atom. The lowest BCUT2D eigenvalue weighted by atomic mass is 9.92. The monoisotopic (exact) mass is 424 g/mol. The minimum absolute atomic E-state index is 0.0579. The van der Waals surface area contributed by atoms with Crippen LogP contribution in [-0.4, -0.2) is 15.7 Å². The van der Waals surface area contributed by atoms with Gasteiger partial charge in [-0.1, -0.05) is 24.6 Å². The maximum Gasteiger partial charge on any atom is 0.269 e. The van der Waals surface area contributed by atoms with Gasteiger partial charge in [-0.15, -0.1) is 11.6 Å². The maximum atomic E-state index is 10.9. The third-order valence-corrected chi connectivity index (χ3v) is 5.25. The largest absolute Gasteiger partial charge is 0.269 e. The van der Waals surface area contributed by atoms with Gasteiger partial charge in [0.1, 0.15) is 0 Å². The van der Waals surface area contributed by atoms with E-state index in [1.54, 1.807) is 24.3 Å². The summed E-state index contributed by atoms with van der Waals surface area (Å²) in [6.45, 7) is 0. The summed E-state index contributed by atoms with van der Waals surface area (Å²) >= 11 is 5.79.